The summed E-state index contributed by atoms with van der Waals surface area (Å²) in [5.41, 5.74) is -2.95. The first-order valence-corrected chi connectivity index (χ1v) is 10.7. The van der Waals surface area contributed by atoms with E-state index in [9.17, 15) is 42.6 Å². The first-order valence-electron chi connectivity index (χ1n) is 10.7. The predicted octanol–water partition coefficient (Wildman–Crippen LogP) is 2.64. The zero-order valence-corrected chi connectivity index (χ0v) is 19.7. The number of amides is 3. The molecule has 0 saturated carbocycles. The van der Waals surface area contributed by atoms with Crippen LogP contribution in [0.25, 0.3) is 0 Å². The number of carboxylic acid groups (broad SMARTS) is 2. The van der Waals surface area contributed by atoms with Gasteiger partial charge in [-0.05, 0) is 45.7 Å². The number of aliphatic carboxylic acids is 1. The minimum absolute atomic E-state index is 0.206. The second-order valence-corrected chi connectivity index (χ2v) is 9.55. The van der Waals surface area contributed by atoms with Crippen LogP contribution in [0.15, 0.2) is 12.1 Å². The van der Waals surface area contributed by atoms with Gasteiger partial charge in [0.1, 0.15) is 17.0 Å². The van der Waals surface area contributed by atoms with Crippen molar-refractivity contribution in [3.05, 3.63) is 35.1 Å². The Morgan fingerprint density at radius 2 is 1.74 bits per heavy atom. The molecule has 0 aliphatic carbocycles. The largest absolute Gasteiger partial charge is 0.480 e. The minimum Gasteiger partial charge on any atom is -0.480 e. The molecule has 10 nitrogen and oxygen atoms in total. The minimum atomic E-state index is -1.76. The lowest BCUT2D eigenvalue weighted by Gasteiger charge is -2.27. The third-order valence-electron chi connectivity index (χ3n) is 5.41. The van der Waals surface area contributed by atoms with Crippen molar-refractivity contribution in [2.75, 3.05) is 6.54 Å². The maximum Gasteiger partial charge on any atom is 0.408 e. The summed E-state index contributed by atoms with van der Waals surface area (Å²) in [5.74, 6) is -5.87. The molecule has 0 aromatic heterocycles. The molecule has 194 valence electrons. The smallest absolute Gasteiger partial charge is 0.408 e. The summed E-state index contributed by atoms with van der Waals surface area (Å²) in [7, 11) is 0. The molecule has 0 bridgehead atoms. The van der Waals surface area contributed by atoms with Crippen molar-refractivity contribution < 1.29 is 47.3 Å². The summed E-state index contributed by atoms with van der Waals surface area (Å²) < 4.78 is 46.2. The molecule has 35 heavy (non-hydrogen) atoms. The standard InChI is InChI=1S/C22H28F3N3O7/c1-21(2,3)35-19(32)27-12(5-11-6-15(24)16(25)8-14(11)23)7-17(29)26-13-9-22(4,18(30)31)28(10-13)20(33)34/h6,8,12-13H,5,7,9-10H2,1-4H3,(H,26,29)(H,27,32)(H,30,31)(H,33,34)/t12-,13+,22+/m1/s1. The van der Waals surface area contributed by atoms with Gasteiger partial charge in [0.2, 0.25) is 5.91 Å². The molecule has 1 heterocycles. The van der Waals surface area contributed by atoms with Crippen molar-refractivity contribution in [3.63, 3.8) is 0 Å². The zero-order chi connectivity index (χ0) is 26.7. The number of nitrogens with one attached hydrogen (secondary N) is 2. The maximum atomic E-state index is 14.2. The summed E-state index contributed by atoms with van der Waals surface area (Å²) in [4.78, 5) is 48.7. The zero-order valence-electron chi connectivity index (χ0n) is 19.7. The van der Waals surface area contributed by atoms with Crippen molar-refractivity contribution in [2.24, 2.45) is 0 Å². The van der Waals surface area contributed by atoms with Crippen LogP contribution in [0.4, 0.5) is 22.8 Å². The quantitative estimate of drug-likeness (QED) is 0.419. The highest BCUT2D eigenvalue weighted by atomic mass is 19.2. The topological polar surface area (TPSA) is 145 Å². The monoisotopic (exact) mass is 503 g/mol. The van der Waals surface area contributed by atoms with Crippen molar-refractivity contribution in [3.8, 4) is 0 Å². The Bertz CT molecular complexity index is 1010. The van der Waals surface area contributed by atoms with Gasteiger partial charge in [0.25, 0.3) is 0 Å². The molecule has 1 aromatic rings. The Kier molecular flexibility index (Phi) is 8.24. The molecule has 4 N–H and O–H groups in total. The highest BCUT2D eigenvalue weighted by Crippen LogP contribution is 2.30. The Morgan fingerprint density at radius 3 is 2.26 bits per heavy atom. The van der Waals surface area contributed by atoms with Gasteiger partial charge in [-0.25, -0.2) is 27.6 Å². The number of halogens is 3. The van der Waals surface area contributed by atoms with Crippen LogP contribution in [-0.4, -0.2) is 68.9 Å². The maximum absolute atomic E-state index is 14.2. The molecule has 1 aromatic carbocycles. The molecular formula is C22H28F3N3O7. The van der Waals surface area contributed by atoms with Gasteiger partial charge in [-0.3, -0.25) is 9.69 Å². The number of benzene rings is 1. The average molecular weight is 503 g/mol. The molecular weight excluding hydrogens is 475 g/mol. The number of hydrogen-bond donors (Lipinski definition) is 4. The number of hydrogen-bond acceptors (Lipinski definition) is 5. The van der Waals surface area contributed by atoms with Gasteiger partial charge in [0, 0.05) is 37.5 Å². The molecule has 0 spiro atoms. The highest BCUT2D eigenvalue weighted by Gasteiger charge is 2.50. The SMILES string of the molecule is CC(C)(C)OC(=O)N[C@@H](CC(=O)N[C@@H]1CN(C(=O)O)[C@](C)(C(=O)O)C1)Cc1cc(F)c(F)cc1F. The number of ether oxygens (including phenoxy) is 1. The van der Waals surface area contributed by atoms with E-state index in [1.54, 1.807) is 20.8 Å². The third kappa shape index (κ3) is 7.23. The fourth-order valence-corrected chi connectivity index (χ4v) is 3.81. The number of carbonyl (C=O) groups is 4. The third-order valence-corrected chi connectivity index (χ3v) is 5.41. The first kappa shape index (κ1) is 27.7. The van der Waals surface area contributed by atoms with Gasteiger partial charge in [0.05, 0.1) is 0 Å². The molecule has 3 atom stereocenters. The summed E-state index contributed by atoms with van der Waals surface area (Å²) in [5, 5.41) is 23.7. The summed E-state index contributed by atoms with van der Waals surface area (Å²) in [6.45, 7) is 5.71. The summed E-state index contributed by atoms with van der Waals surface area (Å²) in [6.07, 6.45) is -3.47. The first-order chi connectivity index (χ1) is 16.0. The highest BCUT2D eigenvalue weighted by molar-refractivity contribution is 5.85. The van der Waals surface area contributed by atoms with E-state index in [-0.39, 0.29) is 18.5 Å². The van der Waals surface area contributed by atoms with Gasteiger partial charge >= 0.3 is 18.2 Å². The van der Waals surface area contributed by atoms with Crippen LogP contribution in [0.3, 0.4) is 0 Å². The van der Waals surface area contributed by atoms with E-state index in [1.165, 1.54) is 6.92 Å². The van der Waals surface area contributed by atoms with Crippen LogP contribution in [0.1, 0.15) is 46.1 Å². The average Bonchev–Trinajstić information content (AvgIpc) is 3.02. The van der Waals surface area contributed by atoms with E-state index >= 15 is 0 Å². The van der Waals surface area contributed by atoms with Crippen LogP contribution in [-0.2, 0) is 20.7 Å². The van der Waals surface area contributed by atoms with E-state index in [1.807, 2.05) is 0 Å². The molecule has 1 fully saturated rings. The van der Waals surface area contributed by atoms with Gasteiger partial charge in [-0.1, -0.05) is 0 Å². The second kappa shape index (κ2) is 10.4. The van der Waals surface area contributed by atoms with Crippen LogP contribution < -0.4 is 10.6 Å². The Morgan fingerprint density at radius 1 is 1.14 bits per heavy atom. The van der Waals surface area contributed by atoms with Crippen LogP contribution in [0.5, 0.6) is 0 Å². The molecule has 0 unspecified atom stereocenters. The summed E-state index contributed by atoms with van der Waals surface area (Å²) in [6, 6.07) is -0.998. The van der Waals surface area contributed by atoms with Gasteiger partial charge in [-0.2, -0.15) is 0 Å². The molecule has 1 saturated heterocycles. The second-order valence-electron chi connectivity index (χ2n) is 9.55. The van der Waals surface area contributed by atoms with E-state index in [2.05, 4.69) is 10.6 Å². The van der Waals surface area contributed by atoms with Gasteiger partial charge in [0.15, 0.2) is 11.6 Å². The number of rotatable bonds is 7. The van der Waals surface area contributed by atoms with Crippen molar-refractivity contribution in [2.45, 2.75) is 70.2 Å². The lowest BCUT2D eigenvalue weighted by Crippen LogP contribution is -2.50. The van der Waals surface area contributed by atoms with Gasteiger partial charge in [-0.15, -0.1) is 0 Å². The van der Waals surface area contributed by atoms with E-state index in [0.29, 0.717) is 17.0 Å². The molecule has 13 heteroatoms. The number of nitrogens with zero attached hydrogens (tertiary/aromatic N) is 1. The van der Waals surface area contributed by atoms with Crippen LogP contribution in [0.2, 0.25) is 0 Å². The van der Waals surface area contributed by atoms with E-state index in [4.69, 9.17) is 4.74 Å². The number of carbonyl (C=O) groups excluding carboxylic acids is 2. The molecule has 3 amide bonds. The Hall–Kier alpha value is -3.51. The van der Waals surface area contributed by atoms with E-state index in [0.717, 1.165) is 0 Å². The van der Waals surface area contributed by atoms with Gasteiger partial charge < -0.3 is 25.6 Å². The molecule has 0 radical (unpaired) electrons. The Balaban J connectivity index is 2.17. The number of carboxylic acids is 1. The lowest BCUT2D eigenvalue weighted by molar-refractivity contribution is -0.147. The number of likely N-dealkylation sites (tertiary alicyclic amines) is 1. The van der Waals surface area contributed by atoms with Crippen molar-refractivity contribution >= 4 is 24.1 Å². The fraction of sp³-hybridized carbons (Fsp3) is 0.545. The number of alkyl carbamates (subject to hydrolysis) is 1. The van der Waals surface area contributed by atoms with Crippen LogP contribution in [0, 0.1) is 17.5 Å². The van der Waals surface area contributed by atoms with Crippen molar-refractivity contribution in [1.82, 2.24) is 15.5 Å². The fourth-order valence-electron chi connectivity index (χ4n) is 3.81. The lowest BCUT2D eigenvalue weighted by atomic mass is 9.97. The van der Waals surface area contributed by atoms with E-state index < -0.39 is 77.6 Å². The molecule has 1 aliphatic heterocycles. The molecule has 2 rings (SSSR count). The normalized spacial score (nSPS) is 20.8. The predicted molar refractivity (Wildman–Crippen MR) is 115 cm³/mol. The molecule has 1 aliphatic rings. The Labute approximate surface area is 199 Å². The van der Waals surface area contributed by atoms with Crippen LogP contribution >= 0.6 is 0 Å². The van der Waals surface area contributed by atoms with Crippen molar-refractivity contribution in [1.29, 1.82) is 0 Å². The summed E-state index contributed by atoms with van der Waals surface area (Å²) >= 11 is 0.